The van der Waals surface area contributed by atoms with Crippen LogP contribution in [0.15, 0.2) is 28.9 Å². The monoisotopic (exact) mass is 274 g/mol. The number of nitrogens with one attached hydrogen (secondary N) is 1. The summed E-state index contributed by atoms with van der Waals surface area (Å²) in [6.45, 7) is 2.92. The van der Waals surface area contributed by atoms with Gasteiger partial charge in [0.15, 0.2) is 0 Å². The van der Waals surface area contributed by atoms with E-state index in [0.717, 1.165) is 23.1 Å². The standard InChI is InChI=1S/C14H18N4O2/c1-9-4-12(9)13-3-2-11(20-13)6-16-10-5-17-18(7-10)8-14(15)19/h2-3,5,7,9,12,16H,4,6,8H2,1H3,(H2,15,19). The Morgan fingerprint density at radius 2 is 2.40 bits per heavy atom. The van der Waals surface area contributed by atoms with E-state index in [1.165, 1.54) is 11.1 Å². The maximum Gasteiger partial charge on any atom is 0.239 e. The number of hydrogen-bond acceptors (Lipinski definition) is 4. The zero-order chi connectivity index (χ0) is 14.1. The van der Waals surface area contributed by atoms with Crippen molar-refractivity contribution in [2.45, 2.75) is 32.4 Å². The number of hydrogen-bond donors (Lipinski definition) is 2. The Bertz CT molecular complexity index is 616. The van der Waals surface area contributed by atoms with Gasteiger partial charge in [-0.1, -0.05) is 6.92 Å². The van der Waals surface area contributed by atoms with E-state index in [2.05, 4.69) is 23.4 Å². The second kappa shape index (κ2) is 5.03. The molecule has 1 aliphatic carbocycles. The Morgan fingerprint density at radius 3 is 3.10 bits per heavy atom. The predicted molar refractivity (Wildman–Crippen MR) is 74.0 cm³/mol. The number of nitrogens with two attached hydrogens (primary N) is 1. The third-order valence-corrected chi connectivity index (χ3v) is 3.58. The summed E-state index contributed by atoms with van der Waals surface area (Å²) in [6, 6.07) is 4.06. The smallest absolute Gasteiger partial charge is 0.239 e. The van der Waals surface area contributed by atoms with Crippen molar-refractivity contribution in [3.8, 4) is 0 Å². The van der Waals surface area contributed by atoms with E-state index in [4.69, 9.17) is 10.2 Å². The first kappa shape index (κ1) is 12.8. The topological polar surface area (TPSA) is 86.1 Å². The van der Waals surface area contributed by atoms with E-state index in [-0.39, 0.29) is 6.54 Å². The molecule has 6 nitrogen and oxygen atoms in total. The molecule has 0 spiro atoms. The number of primary amides is 1. The molecule has 0 saturated heterocycles. The molecule has 2 aromatic rings. The first-order valence-electron chi connectivity index (χ1n) is 6.75. The largest absolute Gasteiger partial charge is 0.464 e. The molecule has 1 amide bonds. The third-order valence-electron chi connectivity index (χ3n) is 3.58. The quantitative estimate of drug-likeness (QED) is 0.839. The van der Waals surface area contributed by atoms with Crippen molar-refractivity contribution in [3.63, 3.8) is 0 Å². The molecule has 1 saturated carbocycles. The zero-order valence-corrected chi connectivity index (χ0v) is 11.4. The van der Waals surface area contributed by atoms with Crippen LogP contribution in [0.25, 0.3) is 0 Å². The minimum atomic E-state index is -0.408. The first-order valence-corrected chi connectivity index (χ1v) is 6.75. The molecule has 2 unspecified atom stereocenters. The fraction of sp³-hybridized carbons (Fsp3) is 0.429. The van der Waals surface area contributed by atoms with Crippen LogP contribution in [0.3, 0.4) is 0 Å². The minimum absolute atomic E-state index is 0.0894. The molecule has 3 N–H and O–H groups in total. The van der Waals surface area contributed by atoms with Crippen LogP contribution in [-0.4, -0.2) is 15.7 Å². The van der Waals surface area contributed by atoms with Crippen LogP contribution in [0.4, 0.5) is 5.69 Å². The van der Waals surface area contributed by atoms with E-state index in [1.54, 1.807) is 12.4 Å². The lowest BCUT2D eigenvalue weighted by Crippen LogP contribution is -2.18. The van der Waals surface area contributed by atoms with Crippen molar-refractivity contribution in [2.75, 3.05) is 5.32 Å². The number of furan rings is 1. The highest BCUT2D eigenvalue weighted by Crippen LogP contribution is 2.47. The molecular weight excluding hydrogens is 256 g/mol. The highest BCUT2D eigenvalue weighted by molar-refractivity contribution is 5.73. The van der Waals surface area contributed by atoms with E-state index in [0.29, 0.717) is 12.5 Å². The molecule has 20 heavy (non-hydrogen) atoms. The molecule has 1 aliphatic rings. The highest BCUT2D eigenvalue weighted by atomic mass is 16.3. The predicted octanol–water partition coefficient (Wildman–Crippen LogP) is 1.70. The minimum Gasteiger partial charge on any atom is -0.464 e. The molecule has 0 aliphatic heterocycles. The van der Waals surface area contributed by atoms with Crippen molar-refractivity contribution >= 4 is 11.6 Å². The van der Waals surface area contributed by atoms with Crippen molar-refractivity contribution in [1.29, 1.82) is 0 Å². The Hall–Kier alpha value is -2.24. The lowest BCUT2D eigenvalue weighted by molar-refractivity contribution is -0.118. The van der Waals surface area contributed by atoms with Gasteiger partial charge in [0, 0.05) is 12.1 Å². The lowest BCUT2D eigenvalue weighted by atomic mass is 10.3. The molecule has 3 rings (SSSR count). The van der Waals surface area contributed by atoms with Gasteiger partial charge < -0.3 is 15.5 Å². The van der Waals surface area contributed by atoms with Crippen LogP contribution < -0.4 is 11.1 Å². The maximum absolute atomic E-state index is 10.8. The SMILES string of the molecule is CC1CC1c1ccc(CNc2cnn(CC(N)=O)c2)o1. The van der Waals surface area contributed by atoms with Gasteiger partial charge in [-0.3, -0.25) is 9.48 Å². The zero-order valence-electron chi connectivity index (χ0n) is 11.4. The van der Waals surface area contributed by atoms with Gasteiger partial charge in [0.2, 0.25) is 5.91 Å². The Labute approximate surface area is 116 Å². The van der Waals surface area contributed by atoms with Crippen LogP contribution >= 0.6 is 0 Å². The molecule has 2 aromatic heterocycles. The fourth-order valence-corrected chi connectivity index (χ4v) is 2.30. The average Bonchev–Trinajstić information content (AvgIpc) is 2.81. The molecule has 106 valence electrons. The molecule has 2 atom stereocenters. The van der Waals surface area contributed by atoms with Crippen molar-refractivity contribution in [1.82, 2.24) is 9.78 Å². The second-order valence-electron chi connectivity index (χ2n) is 5.37. The second-order valence-corrected chi connectivity index (χ2v) is 5.37. The molecule has 6 heteroatoms. The first-order chi connectivity index (χ1) is 9.61. The summed E-state index contributed by atoms with van der Waals surface area (Å²) < 4.78 is 7.31. The number of carbonyl (C=O) groups is 1. The molecule has 2 heterocycles. The van der Waals surface area contributed by atoms with Crippen LogP contribution in [0, 0.1) is 5.92 Å². The normalized spacial score (nSPS) is 20.9. The summed E-state index contributed by atoms with van der Waals surface area (Å²) in [4.78, 5) is 10.8. The van der Waals surface area contributed by atoms with Gasteiger partial charge >= 0.3 is 0 Å². The van der Waals surface area contributed by atoms with Crippen LogP contribution in [0.1, 0.15) is 30.8 Å². The third kappa shape index (κ3) is 2.84. The Kier molecular flexibility index (Phi) is 3.22. The summed E-state index contributed by atoms with van der Waals surface area (Å²) in [5.74, 6) is 2.92. The summed E-state index contributed by atoms with van der Waals surface area (Å²) in [7, 11) is 0. The Balaban J connectivity index is 1.55. The number of carbonyl (C=O) groups excluding carboxylic acids is 1. The van der Waals surface area contributed by atoms with Crippen LogP contribution in [0.5, 0.6) is 0 Å². The number of aromatic nitrogens is 2. The fourth-order valence-electron chi connectivity index (χ4n) is 2.30. The summed E-state index contributed by atoms with van der Waals surface area (Å²) in [5.41, 5.74) is 5.95. The summed E-state index contributed by atoms with van der Waals surface area (Å²) in [6.07, 6.45) is 4.63. The van der Waals surface area contributed by atoms with Gasteiger partial charge in [-0.2, -0.15) is 5.10 Å². The number of nitrogens with zero attached hydrogens (tertiary/aromatic N) is 2. The van der Waals surface area contributed by atoms with Gasteiger partial charge in [-0.15, -0.1) is 0 Å². The lowest BCUT2D eigenvalue weighted by Gasteiger charge is -2.00. The summed E-state index contributed by atoms with van der Waals surface area (Å²) in [5, 5.41) is 7.25. The van der Waals surface area contributed by atoms with Crippen molar-refractivity contribution in [2.24, 2.45) is 11.7 Å². The number of amides is 1. The van der Waals surface area contributed by atoms with Gasteiger partial charge in [0.05, 0.1) is 18.4 Å². The van der Waals surface area contributed by atoms with Gasteiger partial charge in [-0.25, -0.2) is 0 Å². The molecule has 1 fully saturated rings. The van der Waals surface area contributed by atoms with E-state index < -0.39 is 5.91 Å². The molecule has 0 aromatic carbocycles. The van der Waals surface area contributed by atoms with Gasteiger partial charge in [-0.05, 0) is 24.5 Å². The van der Waals surface area contributed by atoms with Crippen molar-refractivity contribution in [3.05, 3.63) is 36.0 Å². The van der Waals surface area contributed by atoms with E-state index >= 15 is 0 Å². The van der Waals surface area contributed by atoms with Crippen LogP contribution in [-0.2, 0) is 17.9 Å². The van der Waals surface area contributed by atoms with Crippen LogP contribution in [0.2, 0.25) is 0 Å². The average molecular weight is 274 g/mol. The van der Waals surface area contributed by atoms with Gasteiger partial charge in [0.25, 0.3) is 0 Å². The van der Waals surface area contributed by atoms with E-state index in [1.807, 2.05) is 6.07 Å². The van der Waals surface area contributed by atoms with Crippen molar-refractivity contribution < 1.29 is 9.21 Å². The number of rotatable bonds is 6. The van der Waals surface area contributed by atoms with E-state index in [9.17, 15) is 4.79 Å². The van der Waals surface area contributed by atoms with Gasteiger partial charge in [0.1, 0.15) is 18.1 Å². The molecular formula is C14H18N4O2. The molecule has 0 radical (unpaired) electrons. The Morgan fingerprint density at radius 1 is 1.60 bits per heavy atom. The highest BCUT2D eigenvalue weighted by Gasteiger charge is 2.36. The summed E-state index contributed by atoms with van der Waals surface area (Å²) >= 11 is 0. The number of anilines is 1. The maximum atomic E-state index is 10.8. The molecule has 0 bridgehead atoms.